The third-order valence-electron chi connectivity index (χ3n) is 2.99. The molecule has 1 rings (SSSR count). The van der Waals surface area contributed by atoms with Gasteiger partial charge < -0.3 is 10.4 Å². The third-order valence-corrected chi connectivity index (χ3v) is 2.99. The van der Waals surface area contributed by atoms with Crippen LogP contribution in [-0.4, -0.2) is 16.6 Å². The SMILES string of the molecule is CCC(C#N)(CC)NC(=O)c1c(O)cccc1F. The van der Waals surface area contributed by atoms with E-state index in [4.69, 9.17) is 5.26 Å². The van der Waals surface area contributed by atoms with E-state index < -0.39 is 28.6 Å². The highest BCUT2D eigenvalue weighted by Crippen LogP contribution is 2.22. The number of nitrogens with one attached hydrogen (secondary N) is 1. The fourth-order valence-corrected chi connectivity index (χ4v) is 1.63. The van der Waals surface area contributed by atoms with E-state index in [1.807, 2.05) is 6.07 Å². The first kappa shape index (κ1) is 14.0. The van der Waals surface area contributed by atoms with Gasteiger partial charge in [0.05, 0.1) is 6.07 Å². The molecule has 0 bridgehead atoms. The summed E-state index contributed by atoms with van der Waals surface area (Å²) in [5.41, 5.74) is -1.47. The van der Waals surface area contributed by atoms with Gasteiger partial charge in [-0.15, -0.1) is 0 Å². The molecule has 0 aliphatic rings. The summed E-state index contributed by atoms with van der Waals surface area (Å²) in [6.45, 7) is 3.52. The Hall–Kier alpha value is -2.09. The van der Waals surface area contributed by atoms with Gasteiger partial charge in [0.25, 0.3) is 5.91 Å². The highest BCUT2D eigenvalue weighted by molar-refractivity contribution is 5.97. The van der Waals surface area contributed by atoms with Gasteiger partial charge in [0.1, 0.15) is 22.7 Å². The van der Waals surface area contributed by atoms with Crippen molar-refractivity contribution in [2.24, 2.45) is 0 Å². The number of phenols is 1. The first-order valence-corrected chi connectivity index (χ1v) is 5.71. The summed E-state index contributed by atoms with van der Waals surface area (Å²) in [5.74, 6) is -2.03. The van der Waals surface area contributed by atoms with E-state index in [1.165, 1.54) is 12.1 Å². The van der Waals surface area contributed by atoms with Crippen LogP contribution in [-0.2, 0) is 0 Å². The molecule has 0 saturated heterocycles. The monoisotopic (exact) mass is 250 g/mol. The Bertz CT molecular complexity index is 470. The van der Waals surface area contributed by atoms with E-state index in [1.54, 1.807) is 13.8 Å². The van der Waals surface area contributed by atoms with Crippen LogP contribution in [0, 0.1) is 17.1 Å². The lowest BCUT2D eigenvalue weighted by Crippen LogP contribution is -2.46. The lowest BCUT2D eigenvalue weighted by molar-refractivity contribution is 0.0908. The van der Waals surface area contributed by atoms with Gasteiger partial charge in [-0.3, -0.25) is 4.79 Å². The van der Waals surface area contributed by atoms with Crippen molar-refractivity contribution in [2.45, 2.75) is 32.2 Å². The number of carbonyl (C=O) groups is 1. The number of benzene rings is 1. The van der Waals surface area contributed by atoms with Crippen molar-refractivity contribution < 1.29 is 14.3 Å². The number of amides is 1. The molecule has 0 aromatic heterocycles. The second-order valence-corrected chi connectivity index (χ2v) is 3.99. The van der Waals surface area contributed by atoms with Crippen molar-refractivity contribution >= 4 is 5.91 Å². The molecule has 0 spiro atoms. The Morgan fingerprint density at radius 3 is 2.56 bits per heavy atom. The molecular weight excluding hydrogens is 235 g/mol. The van der Waals surface area contributed by atoms with E-state index in [-0.39, 0.29) is 0 Å². The van der Waals surface area contributed by atoms with Gasteiger partial charge in [-0.25, -0.2) is 4.39 Å². The van der Waals surface area contributed by atoms with Crippen LogP contribution in [0.15, 0.2) is 18.2 Å². The van der Waals surface area contributed by atoms with Gasteiger partial charge in [0.2, 0.25) is 0 Å². The molecule has 0 saturated carbocycles. The average Bonchev–Trinajstić information content (AvgIpc) is 2.36. The fourth-order valence-electron chi connectivity index (χ4n) is 1.63. The molecule has 1 aromatic rings. The number of hydrogen-bond donors (Lipinski definition) is 2. The van der Waals surface area contributed by atoms with E-state index in [2.05, 4.69) is 5.32 Å². The summed E-state index contributed by atoms with van der Waals surface area (Å²) in [5, 5.41) is 21.1. The maximum atomic E-state index is 13.5. The predicted octanol–water partition coefficient (Wildman–Crippen LogP) is 2.34. The molecule has 0 heterocycles. The van der Waals surface area contributed by atoms with Crippen LogP contribution in [0.3, 0.4) is 0 Å². The van der Waals surface area contributed by atoms with Gasteiger partial charge >= 0.3 is 0 Å². The highest BCUT2D eigenvalue weighted by atomic mass is 19.1. The third kappa shape index (κ3) is 2.59. The number of halogens is 1. The lowest BCUT2D eigenvalue weighted by atomic mass is 9.94. The van der Waals surface area contributed by atoms with Crippen LogP contribution in [0.4, 0.5) is 4.39 Å². The van der Waals surface area contributed by atoms with E-state index in [0.29, 0.717) is 12.8 Å². The van der Waals surface area contributed by atoms with Crippen molar-refractivity contribution in [3.8, 4) is 11.8 Å². The quantitative estimate of drug-likeness (QED) is 0.861. The van der Waals surface area contributed by atoms with Crippen molar-refractivity contribution in [3.05, 3.63) is 29.6 Å². The molecule has 0 atom stereocenters. The minimum Gasteiger partial charge on any atom is -0.507 e. The Balaban J connectivity index is 3.06. The highest BCUT2D eigenvalue weighted by Gasteiger charge is 2.30. The Labute approximate surface area is 105 Å². The summed E-state index contributed by atoms with van der Waals surface area (Å²) < 4.78 is 13.5. The minimum absolute atomic E-state index is 0.404. The molecule has 4 nitrogen and oxygen atoms in total. The van der Waals surface area contributed by atoms with E-state index in [0.717, 1.165) is 6.07 Å². The van der Waals surface area contributed by atoms with Gasteiger partial charge in [0.15, 0.2) is 0 Å². The number of aromatic hydroxyl groups is 1. The van der Waals surface area contributed by atoms with Crippen molar-refractivity contribution in [2.75, 3.05) is 0 Å². The number of hydrogen-bond acceptors (Lipinski definition) is 3. The molecule has 96 valence electrons. The Morgan fingerprint density at radius 2 is 2.11 bits per heavy atom. The van der Waals surface area contributed by atoms with E-state index in [9.17, 15) is 14.3 Å². The standard InChI is InChI=1S/C13H15FN2O2/c1-3-13(4-2,8-15)16-12(18)11-9(14)6-5-7-10(11)17/h5-7,17H,3-4H2,1-2H3,(H,16,18). The van der Waals surface area contributed by atoms with Crippen LogP contribution in [0.5, 0.6) is 5.75 Å². The topological polar surface area (TPSA) is 73.1 Å². The number of nitrogens with zero attached hydrogens (tertiary/aromatic N) is 1. The maximum absolute atomic E-state index is 13.5. The number of phenolic OH excluding ortho intramolecular Hbond substituents is 1. The fraction of sp³-hybridized carbons (Fsp3) is 0.385. The maximum Gasteiger partial charge on any atom is 0.259 e. The molecule has 0 aliphatic heterocycles. The first-order valence-electron chi connectivity index (χ1n) is 5.71. The number of rotatable bonds is 4. The Kier molecular flexibility index (Phi) is 4.27. The average molecular weight is 250 g/mol. The summed E-state index contributed by atoms with van der Waals surface area (Å²) in [6, 6.07) is 5.63. The second kappa shape index (κ2) is 5.50. The first-order chi connectivity index (χ1) is 8.49. The molecule has 5 heteroatoms. The molecule has 1 amide bonds. The van der Waals surface area contributed by atoms with Crippen LogP contribution < -0.4 is 5.32 Å². The van der Waals surface area contributed by atoms with Crippen molar-refractivity contribution in [3.63, 3.8) is 0 Å². The van der Waals surface area contributed by atoms with Crippen molar-refractivity contribution in [1.29, 1.82) is 5.26 Å². The van der Waals surface area contributed by atoms with Gasteiger partial charge in [0, 0.05) is 0 Å². The number of carbonyl (C=O) groups excluding carboxylic acids is 1. The summed E-state index contributed by atoms with van der Waals surface area (Å²) in [4.78, 5) is 11.9. The number of nitriles is 1. The second-order valence-electron chi connectivity index (χ2n) is 3.99. The zero-order valence-corrected chi connectivity index (χ0v) is 10.3. The van der Waals surface area contributed by atoms with Crippen molar-refractivity contribution in [1.82, 2.24) is 5.32 Å². The van der Waals surface area contributed by atoms with Gasteiger partial charge in [-0.1, -0.05) is 19.9 Å². The molecule has 0 unspecified atom stereocenters. The normalized spacial score (nSPS) is 10.8. The molecule has 0 radical (unpaired) electrons. The van der Waals surface area contributed by atoms with Crippen LogP contribution in [0.25, 0.3) is 0 Å². The van der Waals surface area contributed by atoms with Gasteiger partial charge in [-0.05, 0) is 25.0 Å². The molecular formula is C13H15FN2O2. The summed E-state index contributed by atoms with van der Waals surface area (Å²) in [7, 11) is 0. The molecule has 2 N–H and O–H groups in total. The molecule has 0 aliphatic carbocycles. The Morgan fingerprint density at radius 1 is 1.50 bits per heavy atom. The smallest absolute Gasteiger partial charge is 0.259 e. The largest absolute Gasteiger partial charge is 0.507 e. The summed E-state index contributed by atoms with van der Waals surface area (Å²) >= 11 is 0. The van der Waals surface area contributed by atoms with Crippen LogP contribution in [0.1, 0.15) is 37.0 Å². The predicted molar refractivity (Wildman–Crippen MR) is 64.5 cm³/mol. The molecule has 0 fully saturated rings. The zero-order chi connectivity index (χ0) is 13.8. The zero-order valence-electron chi connectivity index (χ0n) is 10.3. The molecule has 1 aromatic carbocycles. The lowest BCUT2D eigenvalue weighted by Gasteiger charge is -2.25. The summed E-state index contributed by atoms with van der Waals surface area (Å²) in [6.07, 6.45) is 0.807. The van der Waals surface area contributed by atoms with Crippen LogP contribution >= 0.6 is 0 Å². The van der Waals surface area contributed by atoms with E-state index >= 15 is 0 Å². The minimum atomic E-state index is -1.04. The van der Waals surface area contributed by atoms with Gasteiger partial charge in [-0.2, -0.15) is 5.26 Å². The van der Waals surface area contributed by atoms with Crippen LogP contribution in [0.2, 0.25) is 0 Å². The molecule has 18 heavy (non-hydrogen) atoms.